The van der Waals surface area contributed by atoms with E-state index in [1.807, 2.05) is 0 Å². The quantitative estimate of drug-likeness (QED) is 0.274. The summed E-state index contributed by atoms with van der Waals surface area (Å²) in [6.45, 7) is 1.02. The summed E-state index contributed by atoms with van der Waals surface area (Å²) >= 11 is 0. The van der Waals surface area contributed by atoms with Crippen molar-refractivity contribution in [3.63, 3.8) is 0 Å². The zero-order chi connectivity index (χ0) is 21.8. The molecule has 1 aliphatic rings. The normalized spacial score (nSPS) is 14.1. The van der Waals surface area contributed by atoms with Gasteiger partial charge < -0.3 is 19.0 Å². The molecule has 31 heavy (non-hydrogen) atoms. The molecule has 4 N–H and O–H groups in total. The van der Waals surface area contributed by atoms with E-state index < -0.39 is 7.82 Å². The fraction of sp³-hybridized carbons (Fsp3) is 0.238. The molecular formula is C21H23N3O6P+. The first-order valence-corrected chi connectivity index (χ1v) is 11.2. The Labute approximate surface area is 179 Å². The zero-order valence-corrected chi connectivity index (χ0v) is 17.6. The highest BCUT2D eigenvalue weighted by molar-refractivity contribution is 7.46. The predicted octanol–water partition coefficient (Wildman–Crippen LogP) is 2.37. The first-order valence-electron chi connectivity index (χ1n) is 9.65. The van der Waals surface area contributed by atoms with Crippen LogP contribution in [0.3, 0.4) is 0 Å². The van der Waals surface area contributed by atoms with E-state index in [0.29, 0.717) is 31.0 Å². The number of nitrogen functional groups attached to an aromatic ring is 1. The highest BCUT2D eigenvalue weighted by Crippen LogP contribution is 2.35. The van der Waals surface area contributed by atoms with Crippen molar-refractivity contribution < 1.29 is 32.7 Å². The Morgan fingerprint density at radius 2 is 1.90 bits per heavy atom. The molecule has 4 rings (SSSR count). The number of phosphoric acid groups is 1. The maximum atomic E-state index is 10.9. The summed E-state index contributed by atoms with van der Waals surface area (Å²) in [5, 5.41) is 4.13. The fourth-order valence-electron chi connectivity index (χ4n) is 3.34. The van der Waals surface area contributed by atoms with Crippen LogP contribution in [0.2, 0.25) is 0 Å². The molecule has 0 unspecified atom stereocenters. The number of phosphoric ester groups is 1. The molecule has 162 valence electrons. The van der Waals surface area contributed by atoms with Gasteiger partial charge in [-0.1, -0.05) is 35.5 Å². The Kier molecular flexibility index (Phi) is 6.31. The van der Waals surface area contributed by atoms with E-state index in [1.165, 1.54) is 15.7 Å². The minimum atomic E-state index is -4.61. The third kappa shape index (κ3) is 5.66. The molecule has 0 saturated heterocycles. The van der Waals surface area contributed by atoms with Gasteiger partial charge in [-0.15, -0.1) is 0 Å². The van der Waals surface area contributed by atoms with Crippen molar-refractivity contribution in [1.29, 1.82) is 0 Å². The molecule has 0 saturated carbocycles. The van der Waals surface area contributed by atoms with Gasteiger partial charge in [-0.25, -0.2) is 13.7 Å². The highest BCUT2D eigenvalue weighted by atomic mass is 31.2. The lowest BCUT2D eigenvalue weighted by Crippen LogP contribution is -2.38. The van der Waals surface area contributed by atoms with Crippen molar-refractivity contribution in [1.82, 2.24) is 5.16 Å². The summed E-state index contributed by atoms with van der Waals surface area (Å²) in [7, 11) is -4.61. The number of ether oxygens (including phenoxy) is 1. The average molecular weight is 444 g/mol. The van der Waals surface area contributed by atoms with Crippen molar-refractivity contribution in [2.45, 2.75) is 19.6 Å². The van der Waals surface area contributed by atoms with Crippen LogP contribution < -0.4 is 10.3 Å². The molecule has 1 aliphatic heterocycles. The average Bonchev–Trinajstić information content (AvgIpc) is 3.40. The smallest absolute Gasteiger partial charge is 0.373 e. The van der Waals surface area contributed by atoms with Gasteiger partial charge in [0.2, 0.25) is 6.73 Å². The minimum absolute atomic E-state index is 0.244. The molecule has 3 aromatic rings. The van der Waals surface area contributed by atoms with E-state index in [1.54, 1.807) is 24.4 Å². The number of benzene rings is 1. The largest absolute Gasteiger partial charge is 0.472 e. The number of hydrogen-bond donors (Lipinski definition) is 3. The van der Waals surface area contributed by atoms with Crippen LogP contribution >= 0.6 is 7.82 Å². The Hall–Kier alpha value is -2.81. The molecule has 0 bridgehead atoms. The number of pyridine rings is 1. The first-order chi connectivity index (χ1) is 14.9. The van der Waals surface area contributed by atoms with E-state index in [-0.39, 0.29) is 12.5 Å². The molecule has 0 radical (unpaired) electrons. The zero-order valence-electron chi connectivity index (χ0n) is 16.7. The molecule has 3 heterocycles. The van der Waals surface area contributed by atoms with Gasteiger partial charge in [0.25, 0.3) is 5.82 Å². The van der Waals surface area contributed by atoms with E-state index in [0.717, 1.165) is 17.7 Å². The van der Waals surface area contributed by atoms with E-state index in [4.69, 9.17) is 24.8 Å². The summed E-state index contributed by atoms with van der Waals surface area (Å²) in [5.41, 5.74) is 11.1. The van der Waals surface area contributed by atoms with Crippen molar-refractivity contribution in [2.24, 2.45) is 0 Å². The van der Waals surface area contributed by atoms with Crippen LogP contribution in [0.1, 0.15) is 16.8 Å². The number of nitrogens with two attached hydrogens (primary N) is 1. The van der Waals surface area contributed by atoms with E-state index in [2.05, 4.69) is 40.0 Å². The molecule has 0 amide bonds. The third-order valence-electron chi connectivity index (χ3n) is 4.92. The third-order valence-corrected chi connectivity index (χ3v) is 5.37. The van der Waals surface area contributed by atoms with Gasteiger partial charge in [-0.3, -0.25) is 5.73 Å². The molecule has 9 nitrogen and oxygen atoms in total. The van der Waals surface area contributed by atoms with Crippen molar-refractivity contribution in [3.8, 4) is 11.3 Å². The van der Waals surface area contributed by atoms with Gasteiger partial charge in [0.15, 0.2) is 5.76 Å². The number of anilines is 1. The Morgan fingerprint density at radius 1 is 1.16 bits per heavy atom. The number of aromatic nitrogens is 2. The van der Waals surface area contributed by atoms with Gasteiger partial charge in [0.1, 0.15) is 5.56 Å². The molecule has 2 aromatic heterocycles. The molecular weight excluding hydrogens is 421 g/mol. The highest BCUT2D eigenvalue weighted by Gasteiger charge is 2.20. The predicted molar refractivity (Wildman–Crippen MR) is 112 cm³/mol. The maximum absolute atomic E-state index is 10.9. The van der Waals surface area contributed by atoms with Crippen LogP contribution in [-0.4, -0.2) is 28.2 Å². The van der Waals surface area contributed by atoms with Crippen molar-refractivity contribution in [2.75, 3.05) is 18.9 Å². The maximum Gasteiger partial charge on any atom is 0.472 e. The standard InChI is InChI=1S/C21H22N3O6P/c22-21-19(2-1-8-24(21)14-29-31(25,26)27)20-12-18(23-30-20)11-16-5-3-15(4-6-16)10-17-7-9-28-13-17/h1-8,12,22H,9-11,13-14H2,(H2,25,26,27)/p+1. The monoisotopic (exact) mass is 444 g/mol. The minimum Gasteiger partial charge on any atom is -0.373 e. The lowest BCUT2D eigenvalue weighted by molar-refractivity contribution is -0.711. The summed E-state index contributed by atoms with van der Waals surface area (Å²) in [6, 6.07) is 13.6. The van der Waals surface area contributed by atoms with Gasteiger partial charge in [0.05, 0.1) is 25.1 Å². The Bertz CT molecular complexity index is 1140. The summed E-state index contributed by atoms with van der Waals surface area (Å²) in [5.74, 6) is 0.705. The Balaban J connectivity index is 1.44. The van der Waals surface area contributed by atoms with Crippen molar-refractivity contribution >= 4 is 13.6 Å². The van der Waals surface area contributed by atoms with Crippen LogP contribution in [-0.2, 0) is 33.4 Å². The number of rotatable bonds is 8. The van der Waals surface area contributed by atoms with Crippen LogP contribution in [0.15, 0.2) is 64.8 Å². The van der Waals surface area contributed by atoms with Gasteiger partial charge in [-0.05, 0) is 35.3 Å². The van der Waals surface area contributed by atoms with Crippen LogP contribution in [0.25, 0.3) is 11.3 Å². The molecule has 1 aromatic carbocycles. The lowest BCUT2D eigenvalue weighted by Gasteiger charge is -2.07. The van der Waals surface area contributed by atoms with E-state index in [9.17, 15) is 4.57 Å². The summed E-state index contributed by atoms with van der Waals surface area (Å²) in [6.07, 6.45) is 5.18. The SMILES string of the molecule is Nc1c(-c2cc(Cc3ccc(CC4=CCOC4)cc3)no2)ccc[n+]1COP(=O)(O)O. The summed E-state index contributed by atoms with van der Waals surface area (Å²) < 4.78 is 27.6. The van der Waals surface area contributed by atoms with Crippen molar-refractivity contribution in [3.05, 3.63) is 77.1 Å². The van der Waals surface area contributed by atoms with E-state index >= 15 is 0 Å². The lowest BCUT2D eigenvalue weighted by atomic mass is 10.0. The van der Waals surface area contributed by atoms with Crippen LogP contribution in [0, 0.1) is 0 Å². The van der Waals surface area contributed by atoms with Crippen LogP contribution in [0.4, 0.5) is 5.82 Å². The molecule has 0 atom stereocenters. The topological polar surface area (TPSA) is 132 Å². The second kappa shape index (κ2) is 9.13. The summed E-state index contributed by atoms with van der Waals surface area (Å²) in [4.78, 5) is 17.8. The van der Waals surface area contributed by atoms with Crippen LogP contribution in [0.5, 0.6) is 0 Å². The molecule has 0 spiro atoms. The molecule has 0 fully saturated rings. The molecule has 10 heteroatoms. The second-order valence-electron chi connectivity index (χ2n) is 7.26. The number of nitrogens with zero attached hydrogens (tertiary/aromatic N) is 2. The van der Waals surface area contributed by atoms with Gasteiger partial charge in [0, 0.05) is 12.5 Å². The first kappa shape index (κ1) is 21.4. The number of hydrogen-bond acceptors (Lipinski definition) is 6. The fourth-order valence-corrected chi connectivity index (χ4v) is 3.61. The van der Waals surface area contributed by atoms with Gasteiger partial charge in [-0.2, -0.15) is 0 Å². The molecule has 0 aliphatic carbocycles. The second-order valence-corrected chi connectivity index (χ2v) is 8.50. The Morgan fingerprint density at radius 3 is 2.58 bits per heavy atom. The van der Waals surface area contributed by atoms with Gasteiger partial charge >= 0.3 is 7.82 Å².